The van der Waals surface area contributed by atoms with Crippen LogP contribution in [0.2, 0.25) is 0 Å². The maximum atomic E-state index is 11.7. The topological polar surface area (TPSA) is 72.8 Å². The normalized spacial score (nSPS) is 20.4. The molecule has 0 saturated heterocycles. The molecule has 1 rings (SSSR count). The van der Waals surface area contributed by atoms with E-state index in [0.717, 1.165) is 32.1 Å². The number of aliphatic hydroxyl groups excluding tert-OH is 1. The molecule has 0 spiro atoms. The second kappa shape index (κ2) is 6.59. The molecular formula is C12H20O5. The lowest BCUT2D eigenvalue weighted by atomic mass is 9.77. The Balaban J connectivity index is 2.78. The van der Waals surface area contributed by atoms with Crippen LogP contribution in [0.15, 0.2) is 0 Å². The van der Waals surface area contributed by atoms with Crippen molar-refractivity contribution in [3.63, 3.8) is 0 Å². The van der Waals surface area contributed by atoms with Crippen LogP contribution in [0.3, 0.4) is 0 Å². The molecule has 0 bridgehead atoms. The van der Waals surface area contributed by atoms with Crippen molar-refractivity contribution in [2.24, 2.45) is 11.8 Å². The van der Waals surface area contributed by atoms with Crippen LogP contribution in [0, 0.1) is 11.8 Å². The molecule has 0 aromatic heterocycles. The van der Waals surface area contributed by atoms with Gasteiger partial charge in [0.25, 0.3) is 0 Å². The largest absolute Gasteiger partial charge is 0.469 e. The predicted octanol–water partition coefficient (Wildman–Crippen LogP) is 0.890. The Labute approximate surface area is 101 Å². The number of aliphatic hydroxyl groups is 1. The first-order chi connectivity index (χ1) is 8.11. The molecule has 5 heteroatoms. The highest BCUT2D eigenvalue weighted by Crippen LogP contribution is 2.32. The van der Waals surface area contributed by atoms with Crippen LogP contribution in [0.1, 0.15) is 32.1 Å². The first kappa shape index (κ1) is 14.0. The molecule has 0 aromatic carbocycles. The lowest BCUT2D eigenvalue weighted by molar-refractivity contribution is -0.166. The van der Waals surface area contributed by atoms with Crippen molar-refractivity contribution >= 4 is 11.9 Å². The third kappa shape index (κ3) is 3.43. The van der Waals surface area contributed by atoms with Gasteiger partial charge in [-0.3, -0.25) is 4.79 Å². The maximum absolute atomic E-state index is 11.7. The lowest BCUT2D eigenvalue weighted by Crippen LogP contribution is -2.41. The van der Waals surface area contributed by atoms with Gasteiger partial charge in [0.05, 0.1) is 20.1 Å². The van der Waals surface area contributed by atoms with Gasteiger partial charge >= 0.3 is 11.9 Å². The Morgan fingerprint density at radius 3 is 2.06 bits per heavy atom. The van der Waals surface area contributed by atoms with Gasteiger partial charge in [-0.1, -0.05) is 19.3 Å². The number of methoxy groups -OCH3 is 2. The highest BCUT2D eigenvalue weighted by Gasteiger charge is 2.40. The van der Waals surface area contributed by atoms with Crippen molar-refractivity contribution in [2.45, 2.75) is 38.2 Å². The summed E-state index contributed by atoms with van der Waals surface area (Å²) in [7, 11) is 2.46. The van der Waals surface area contributed by atoms with E-state index in [1.54, 1.807) is 0 Å². The van der Waals surface area contributed by atoms with Crippen LogP contribution in [-0.4, -0.2) is 37.4 Å². The van der Waals surface area contributed by atoms with Gasteiger partial charge in [-0.25, -0.2) is 4.79 Å². The monoisotopic (exact) mass is 244 g/mol. The molecule has 1 N–H and O–H groups in total. The van der Waals surface area contributed by atoms with Crippen molar-refractivity contribution in [3.8, 4) is 0 Å². The molecule has 1 fully saturated rings. The van der Waals surface area contributed by atoms with Crippen LogP contribution in [0.25, 0.3) is 0 Å². The number of esters is 2. The highest BCUT2D eigenvalue weighted by atomic mass is 16.5. The second-order valence-electron chi connectivity index (χ2n) is 4.42. The molecule has 1 aliphatic rings. The Kier molecular flexibility index (Phi) is 5.41. The fourth-order valence-corrected chi connectivity index (χ4v) is 2.48. The average molecular weight is 244 g/mol. The fourth-order valence-electron chi connectivity index (χ4n) is 2.48. The number of rotatable bonds is 4. The van der Waals surface area contributed by atoms with Gasteiger partial charge in [-0.15, -0.1) is 0 Å². The molecule has 0 amide bonds. The summed E-state index contributed by atoms with van der Waals surface area (Å²) in [6.45, 7) is 0. The molecule has 2 atom stereocenters. The van der Waals surface area contributed by atoms with Crippen LogP contribution in [0.5, 0.6) is 0 Å². The van der Waals surface area contributed by atoms with Crippen LogP contribution in [0.4, 0.5) is 0 Å². The van der Waals surface area contributed by atoms with Crippen molar-refractivity contribution in [1.82, 2.24) is 0 Å². The Hall–Kier alpha value is -1.10. The Morgan fingerprint density at radius 1 is 1.06 bits per heavy atom. The number of hydrogen-bond donors (Lipinski definition) is 1. The molecule has 0 aliphatic heterocycles. The average Bonchev–Trinajstić information content (AvgIpc) is 2.38. The van der Waals surface area contributed by atoms with Gasteiger partial charge in [0, 0.05) is 0 Å². The number of carbonyl (C=O) groups excluding carboxylic acids is 2. The first-order valence-electron chi connectivity index (χ1n) is 5.95. The zero-order valence-corrected chi connectivity index (χ0v) is 10.3. The van der Waals surface area contributed by atoms with E-state index in [1.165, 1.54) is 14.2 Å². The van der Waals surface area contributed by atoms with Crippen LogP contribution >= 0.6 is 0 Å². The third-order valence-electron chi connectivity index (χ3n) is 3.41. The van der Waals surface area contributed by atoms with E-state index < -0.39 is 24.0 Å². The van der Waals surface area contributed by atoms with Gasteiger partial charge in [0.1, 0.15) is 0 Å². The quantitative estimate of drug-likeness (QED) is 0.743. The molecule has 0 aromatic rings. The lowest BCUT2D eigenvalue weighted by Gasteiger charge is -2.30. The highest BCUT2D eigenvalue weighted by molar-refractivity contribution is 5.83. The second-order valence-corrected chi connectivity index (χ2v) is 4.42. The fraction of sp³-hybridized carbons (Fsp3) is 0.833. The maximum Gasteiger partial charge on any atom is 0.335 e. The van der Waals surface area contributed by atoms with Gasteiger partial charge in [-0.05, 0) is 18.8 Å². The molecular weight excluding hydrogens is 224 g/mol. The number of hydrogen-bond acceptors (Lipinski definition) is 5. The van der Waals surface area contributed by atoms with E-state index in [4.69, 9.17) is 0 Å². The summed E-state index contributed by atoms with van der Waals surface area (Å²) in [5.74, 6) is -2.10. The summed E-state index contributed by atoms with van der Waals surface area (Å²) in [5, 5.41) is 9.86. The molecule has 5 nitrogen and oxygen atoms in total. The van der Waals surface area contributed by atoms with E-state index in [9.17, 15) is 14.7 Å². The summed E-state index contributed by atoms with van der Waals surface area (Å²) >= 11 is 0. The first-order valence-corrected chi connectivity index (χ1v) is 5.95. The number of carbonyl (C=O) groups is 2. The van der Waals surface area contributed by atoms with Crippen molar-refractivity contribution in [1.29, 1.82) is 0 Å². The van der Waals surface area contributed by atoms with Crippen LogP contribution in [-0.2, 0) is 19.1 Å². The predicted molar refractivity (Wildman–Crippen MR) is 60.1 cm³/mol. The summed E-state index contributed by atoms with van der Waals surface area (Å²) in [5.41, 5.74) is 0. The van der Waals surface area contributed by atoms with Crippen molar-refractivity contribution < 1.29 is 24.2 Å². The van der Waals surface area contributed by atoms with E-state index in [2.05, 4.69) is 9.47 Å². The zero-order chi connectivity index (χ0) is 12.8. The minimum absolute atomic E-state index is 0.00491. The van der Waals surface area contributed by atoms with Gasteiger partial charge in [-0.2, -0.15) is 0 Å². The van der Waals surface area contributed by atoms with E-state index in [1.807, 2.05) is 0 Å². The molecule has 0 radical (unpaired) electrons. The molecule has 17 heavy (non-hydrogen) atoms. The zero-order valence-electron chi connectivity index (χ0n) is 10.3. The van der Waals surface area contributed by atoms with E-state index in [0.29, 0.717) is 0 Å². The van der Waals surface area contributed by atoms with Crippen LogP contribution < -0.4 is 0 Å². The summed E-state index contributed by atoms with van der Waals surface area (Å²) < 4.78 is 9.16. The third-order valence-corrected chi connectivity index (χ3v) is 3.41. The standard InChI is InChI=1S/C12H20O5/c1-16-11(14)9(10(13)12(15)17-2)8-6-4-3-5-7-8/h8-10,13H,3-7H2,1-2H3. The summed E-state index contributed by atoms with van der Waals surface area (Å²) in [6.07, 6.45) is 3.44. The Bertz CT molecular complexity index is 270. The molecule has 1 saturated carbocycles. The van der Waals surface area contributed by atoms with E-state index in [-0.39, 0.29) is 5.92 Å². The van der Waals surface area contributed by atoms with Gasteiger partial charge in [0.2, 0.25) is 0 Å². The van der Waals surface area contributed by atoms with Crippen molar-refractivity contribution in [3.05, 3.63) is 0 Å². The minimum atomic E-state index is -1.42. The summed E-state index contributed by atoms with van der Waals surface area (Å²) in [6, 6.07) is 0. The van der Waals surface area contributed by atoms with Crippen molar-refractivity contribution in [2.75, 3.05) is 14.2 Å². The smallest absolute Gasteiger partial charge is 0.335 e. The molecule has 0 heterocycles. The SMILES string of the molecule is COC(=O)C(O)C(C(=O)OC)C1CCCCC1. The molecule has 1 aliphatic carbocycles. The molecule has 98 valence electrons. The molecule has 2 unspecified atom stereocenters. The Morgan fingerprint density at radius 2 is 1.59 bits per heavy atom. The number of ether oxygens (including phenoxy) is 2. The van der Waals surface area contributed by atoms with Gasteiger partial charge in [0.15, 0.2) is 6.10 Å². The minimum Gasteiger partial charge on any atom is -0.469 e. The van der Waals surface area contributed by atoms with E-state index >= 15 is 0 Å². The van der Waals surface area contributed by atoms with Gasteiger partial charge < -0.3 is 14.6 Å². The summed E-state index contributed by atoms with van der Waals surface area (Å²) in [4.78, 5) is 23.0.